The maximum Gasteiger partial charge on any atom is 0.227 e. The lowest BCUT2D eigenvalue weighted by Crippen LogP contribution is -2.15. The molecular weight excluding hydrogens is 466 g/mol. The van der Waals surface area contributed by atoms with E-state index in [2.05, 4.69) is 51.7 Å². The first-order chi connectivity index (χ1) is 16.5. The summed E-state index contributed by atoms with van der Waals surface area (Å²) in [4.78, 5) is 18.4. The van der Waals surface area contributed by atoms with Crippen molar-refractivity contribution in [3.8, 4) is 28.4 Å². The number of aryl methyl sites for hydroxylation is 2. The highest BCUT2D eigenvalue weighted by atomic mass is 32.1. The van der Waals surface area contributed by atoms with E-state index in [1.165, 1.54) is 16.9 Å². The fraction of sp³-hybridized carbons (Fsp3) is 0.280. The molecule has 2 aromatic carbocycles. The second-order valence-corrected chi connectivity index (χ2v) is 9.49. The number of aromatic amines is 1. The van der Waals surface area contributed by atoms with Gasteiger partial charge in [0.05, 0.1) is 12.8 Å². The Hall–Kier alpha value is -3.30. The van der Waals surface area contributed by atoms with Crippen LogP contribution in [0.3, 0.4) is 0 Å². The zero-order valence-electron chi connectivity index (χ0n) is 19.4. The summed E-state index contributed by atoms with van der Waals surface area (Å²) in [6.07, 6.45) is 2.44. The van der Waals surface area contributed by atoms with Crippen molar-refractivity contribution >= 4 is 34.6 Å². The number of H-pyrrole nitrogens is 1. The normalized spacial score (nSPS) is 10.9. The van der Waals surface area contributed by atoms with Crippen LogP contribution in [0.4, 0.5) is 5.13 Å². The van der Waals surface area contributed by atoms with Crippen LogP contribution >= 0.6 is 23.6 Å². The molecule has 4 rings (SSSR count). The monoisotopic (exact) mass is 493 g/mol. The Morgan fingerprint density at radius 2 is 1.85 bits per heavy atom. The Morgan fingerprint density at radius 1 is 1.15 bits per heavy atom. The van der Waals surface area contributed by atoms with Gasteiger partial charge in [-0.3, -0.25) is 14.5 Å². The highest BCUT2D eigenvalue weighted by molar-refractivity contribution is 7.71. The van der Waals surface area contributed by atoms with Crippen molar-refractivity contribution in [3.63, 3.8) is 0 Å². The summed E-state index contributed by atoms with van der Waals surface area (Å²) in [5, 5.41) is 10.7. The Morgan fingerprint density at radius 3 is 2.53 bits per heavy atom. The fourth-order valence-corrected chi connectivity index (χ4v) is 4.79. The minimum atomic E-state index is -0.123. The van der Waals surface area contributed by atoms with Gasteiger partial charge in [0.1, 0.15) is 5.75 Å². The molecule has 0 fully saturated rings. The number of hydrogen-bond acceptors (Lipinski definition) is 6. The Bertz CT molecular complexity index is 1320. The van der Waals surface area contributed by atoms with Crippen LogP contribution in [0.15, 0.2) is 48.5 Å². The molecule has 0 unspecified atom stereocenters. The van der Waals surface area contributed by atoms with E-state index in [1.54, 1.807) is 7.11 Å². The molecule has 0 saturated heterocycles. The van der Waals surface area contributed by atoms with Crippen molar-refractivity contribution in [2.75, 3.05) is 12.4 Å². The van der Waals surface area contributed by atoms with Gasteiger partial charge in [-0.15, -0.1) is 11.3 Å². The van der Waals surface area contributed by atoms with Gasteiger partial charge in [0.15, 0.2) is 15.7 Å². The lowest BCUT2D eigenvalue weighted by molar-refractivity contribution is -0.116. The van der Waals surface area contributed by atoms with Crippen molar-refractivity contribution in [1.29, 1.82) is 0 Å². The SMILES string of the molecule is CCCc1ccc(-c2nc(NC(=O)CCn3c(-c4ccc(OC)cc4)n[nH]c3=S)sc2C)cc1. The molecule has 0 saturated carbocycles. The Kier molecular flexibility index (Phi) is 7.54. The molecular formula is C25H27N5O2S2. The first-order valence-corrected chi connectivity index (χ1v) is 12.4. The largest absolute Gasteiger partial charge is 0.497 e. The number of aromatic nitrogens is 4. The summed E-state index contributed by atoms with van der Waals surface area (Å²) in [5.41, 5.74) is 4.17. The number of anilines is 1. The molecule has 0 aliphatic rings. The standard InChI is InChI=1S/C25H27N5O2S2/c1-4-5-17-6-8-18(9-7-17)22-16(2)34-24(27-22)26-21(31)14-15-30-23(28-29-25(30)33)19-10-12-20(32-3)13-11-19/h6-13H,4-5,14-15H2,1-3H3,(H,29,33)(H,26,27,31). The number of ether oxygens (including phenoxy) is 1. The maximum atomic E-state index is 12.7. The van der Waals surface area contributed by atoms with Gasteiger partial charge in [-0.1, -0.05) is 37.6 Å². The van der Waals surface area contributed by atoms with Crippen molar-refractivity contribution in [2.45, 2.75) is 39.7 Å². The number of thiazole rings is 1. The smallest absolute Gasteiger partial charge is 0.227 e. The van der Waals surface area contributed by atoms with Crippen LogP contribution in [0, 0.1) is 11.7 Å². The van der Waals surface area contributed by atoms with Gasteiger partial charge in [-0.2, -0.15) is 5.10 Å². The van der Waals surface area contributed by atoms with Crippen LogP contribution in [0.1, 0.15) is 30.2 Å². The average Bonchev–Trinajstić information content (AvgIpc) is 3.40. The number of amides is 1. The molecule has 0 aliphatic carbocycles. The molecule has 1 amide bonds. The van der Waals surface area contributed by atoms with Crippen molar-refractivity contribution in [1.82, 2.24) is 19.7 Å². The first kappa shape index (κ1) is 23.8. The highest BCUT2D eigenvalue weighted by Crippen LogP contribution is 2.31. The molecule has 0 aliphatic heterocycles. The van der Waals surface area contributed by atoms with Gasteiger partial charge in [0.2, 0.25) is 5.91 Å². The van der Waals surface area contributed by atoms with E-state index in [-0.39, 0.29) is 12.3 Å². The zero-order chi connectivity index (χ0) is 24.1. The van der Waals surface area contributed by atoms with Crippen molar-refractivity contribution in [3.05, 3.63) is 63.7 Å². The number of nitrogens with one attached hydrogen (secondary N) is 2. The van der Waals surface area contributed by atoms with Gasteiger partial charge >= 0.3 is 0 Å². The van der Waals surface area contributed by atoms with E-state index in [9.17, 15) is 4.79 Å². The van der Waals surface area contributed by atoms with Gasteiger partial charge in [0, 0.05) is 29.0 Å². The molecule has 0 atom stereocenters. The summed E-state index contributed by atoms with van der Waals surface area (Å²) >= 11 is 6.86. The number of rotatable bonds is 9. The molecule has 9 heteroatoms. The topological polar surface area (TPSA) is 84.8 Å². The number of nitrogens with zero attached hydrogens (tertiary/aromatic N) is 3. The van der Waals surface area contributed by atoms with E-state index in [0.717, 1.165) is 40.3 Å². The van der Waals surface area contributed by atoms with Gasteiger partial charge < -0.3 is 10.1 Å². The third-order valence-electron chi connectivity index (χ3n) is 5.48. The molecule has 0 radical (unpaired) electrons. The first-order valence-electron chi connectivity index (χ1n) is 11.1. The van der Waals surface area contributed by atoms with Gasteiger partial charge in [0.25, 0.3) is 0 Å². The van der Waals surface area contributed by atoms with E-state index in [0.29, 0.717) is 22.3 Å². The summed E-state index contributed by atoms with van der Waals surface area (Å²) in [5.74, 6) is 1.32. The van der Waals surface area contributed by atoms with E-state index >= 15 is 0 Å². The molecule has 176 valence electrons. The zero-order valence-corrected chi connectivity index (χ0v) is 21.1. The highest BCUT2D eigenvalue weighted by Gasteiger charge is 2.14. The molecule has 2 aromatic heterocycles. The molecule has 0 bridgehead atoms. The third-order valence-corrected chi connectivity index (χ3v) is 6.68. The molecule has 34 heavy (non-hydrogen) atoms. The lowest BCUT2D eigenvalue weighted by atomic mass is 10.1. The van der Waals surface area contributed by atoms with Crippen molar-refractivity contribution < 1.29 is 9.53 Å². The summed E-state index contributed by atoms with van der Waals surface area (Å²) in [7, 11) is 1.62. The van der Waals surface area contributed by atoms with E-state index < -0.39 is 0 Å². The van der Waals surface area contributed by atoms with Crippen LogP contribution in [-0.4, -0.2) is 32.8 Å². The fourth-order valence-electron chi connectivity index (χ4n) is 3.72. The van der Waals surface area contributed by atoms with Crippen LogP contribution in [-0.2, 0) is 17.8 Å². The third kappa shape index (κ3) is 5.43. The average molecular weight is 494 g/mol. The van der Waals surface area contributed by atoms with Crippen LogP contribution in [0.2, 0.25) is 0 Å². The number of carbonyl (C=O) groups excluding carboxylic acids is 1. The summed E-state index contributed by atoms with van der Waals surface area (Å²) in [6, 6.07) is 16.0. The Balaban J connectivity index is 1.42. The summed E-state index contributed by atoms with van der Waals surface area (Å²) in [6.45, 7) is 4.60. The Labute approximate surface area is 207 Å². The minimum absolute atomic E-state index is 0.123. The van der Waals surface area contributed by atoms with E-state index in [1.807, 2.05) is 35.8 Å². The number of benzene rings is 2. The molecule has 4 aromatic rings. The van der Waals surface area contributed by atoms with Gasteiger partial charge in [-0.25, -0.2) is 4.98 Å². The predicted molar refractivity (Wildman–Crippen MR) is 139 cm³/mol. The van der Waals surface area contributed by atoms with Crippen molar-refractivity contribution in [2.24, 2.45) is 0 Å². The van der Waals surface area contributed by atoms with E-state index in [4.69, 9.17) is 17.0 Å². The number of carbonyl (C=O) groups is 1. The van der Waals surface area contributed by atoms with Gasteiger partial charge in [-0.05, 0) is 55.4 Å². The number of hydrogen-bond donors (Lipinski definition) is 2. The minimum Gasteiger partial charge on any atom is -0.497 e. The summed E-state index contributed by atoms with van der Waals surface area (Å²) < 4.78 is 7.51. The molecule has 2 N–H and O–H groups in total. The predicted octanol–water partition coefficient (Wildman–Crippen LogP) is 6.03. The second kappa shape index (κ2) is 10.8. The van der Waals surface area contributed by atoms with Crippen LogP contribution in [0.25, 0.3) is 22.6 Å². The van der Waals surface area contributed by atoms with Crippen LogP contribution in [0.5, 0.6) is 5.75 Å². The quantitative estimate of drug-likeness (QED) is 0.278. The number of methoxy groups -OCH3 is 1. The lowest BCUT2D eigenvalue weighted by Gasteiger charge is -2.07. The molecule has 0 spiro atoms. The van der Waals surface area contributed by atoms with Crippen LogP contribution < -0.4 is 10.1 Å². The molecule has 7 nitrogen and oxygen atoms in total. The molecule has 2 heterocycles. The second-order valence-electron chi connectivity index (χ2n) is 7.90. The maximum absolute atomic E-state index is 12.7.